The lowest BCUT2D eigenvalue weighted by atomic mass is 9.84. The fourth-order valence-electron chi connectivity index (χ4n) is 2.79. The number of urea groups is 1. The van der Waals surface area contributed by atoms with E-state index in [9.17, 15) is 9.59 Å². The van der Waals surface area contributed by atoms with Crippen LogP contribution in [-0.2, 0) is 4.79 Å². The fraction of sp³-hybridized carbons (Fsp3) is 0.800. The lowest BCUT2D eigenvalue weighted by Crippen LogP contribution is -2.49. The van der Waals surface area contributed by atoms with Gasteiger partial charge in [0.1, 0.15) is 5.54 Å². The van der Waals surface area contributed by atoms with Crippen molar-refractivity contribution in [2.24, 2.45) is 5.92 Å². The summed E-state index contributed by atoms with van der Waals surface area (Å²) < 4.78 is 0. The molecule has 1 aliphatic carbocycles. The summed E-state index contributed by atoms with van der Waals surface area (Å²) >= 11 is 0. The monoisotopic (exact) mass is 196 g/mol. The molecule has 4 heteroatoms. The van der Waals surface area contributed by atoms with Gasteiger partial charge >= 0.3 is 6.03 Å². The van der Waals surface area contributed by atoms with Crippen molar-refractivity contribution in [2.45, 2.75) is 44.6 Å². The predicted molar refractivity (Wildman–Crippen MR) is 51.7 cm³/mol. The molecule has 4 nitrogen and oxygen atoms in total. The van der Waals surface area contributed by atoms with E-state index in [0.717, 1.165) is 32.1 Å². The Kier molecular flexibility index (Phi) is 2.21. The van der Waals surface area contributed by atoms with Gasteiger partial charge in [-0.05, 0) is 25.2 Å². The molecule has 2 N–H and O–H groups in total. The third-order valence-corrected chi connectivity index (χ3v) is 3.43. The Labute approximate surface area is 83.4 Å². The molecule has 3 amide bonds. The quantitative estimate of drug-likeness (QED) is 0.651. The number of amides is 3. The normalized spacial score (nSPS) is 36.2. The maximum Gasteiger partial charge on any atom is 0.322 e. The Morgan fingerprint density at radius 1 is 1.50 bits per heavy atom. The Hall–Kier alpha value is -1.06. The molecule has 2 fully saturated rings. The summed E-state index contributed by atoms with van der Waals surface area (Å²) in [7, 11) is 0. The highest BCUT2D eigenvalue weighted by Gasteiger charge is 2.53. The minimum absolute atomic E-state index is 0.113. The molecule has 1 spiro atoms. The van der Waals surface area contributed by atoms with Crippen molar-refractivity contribution in [2.75, 3.05) is 0 Å². The van der Waals surface area contributed by atoms with Crippen LogP contribution >= 0.6 is 0 Å². The highest BCUT2D eigenvalue weighted by Crippen LogP contribution is 2.40. The van der Waals surface area contributed by atoms with Crippen LogP contribution in [0.1, 0.15) is 39.0 Å². The molecule has 0 aromatic carbocycles. The first kappa shape index (κ1) is 9.49. The number of rotatable bonds is 2. The maximum absolute atomic E-state index is 11.7. The molecule has 2 aliphatic rings. The molecular weight excluding hydrogens is 180 g/mol. The van der Waals surface area contributed by atoms with Crippen LogP contribution in [0.4, 0.5) is 4.79 Å². The van der Waals surface area contributed by atoms with Gasteiger partial charge < -0.3 is 5.32 Å². The van der Waals surface area contributed by atoms with E-state index in [-0.39, 0.29) is 11.9 Å². The van der Waals surface area contributed by atoms with Crippen LogP contribution in [0.5, 0.6) is 0 Å². The number of carbonyl (C=O) groups excluding carboxylic acids is 2. The summed E-state index contributed by atoms with van der Waals surface area (Å²) in [6.45, 7) is 2.11. The molecule has 0 aromatic rings. The second-order valence-corrected chi connectivity index (χ2v) is 4.26. The van der Waals surface area contributed by atoms with Crippen LogP contribution in [0.15, 0.2) is 0 Å². The van der Waals surface area contributed by atoms with Crippen molar-refractivity contribution in [3.05, 3.63) is 0 Å². The topological polar surface area (TPSA) is 58.2 Å². The highest BCUT2D eigenvalue weighted by molar-refractivity contribution is 6.07. The molecule has 0 radical (unpaired) electrons. The molecule has 0 aromatic heterocycles. The summed E-state index contributed by atoms with van der Waals surface area (Å²) in [6.07, 6.45) is 4.98. The van der Waals surface area contributed by atoms with Crippen LogP contribution in [0, 0.1) is 5.92 Å². The Balaban J connectivity index is 2.21. The minimum Gasteiger partial charge on any atom is -0.323 e. The first-order chi connectivity index (χ1) is 6.69. The zero-order valence-electron chi connectivity index (χ0n) is 8.43. The van der Waals surface area contributed by atoms with Gasteiger partial charge in [-0.25, -0.2) is 4.79 Å². The summed E-state index contributed by atoms with van der Waals surface area (Å²) in [4.78, 5) is 22.8. The number of hydrogen-bond donors (Lipinski definition) is 2. The molecule has 1 aliphatic heterocycles. The minimum atomic E-state index is -0.562. The van der Waals surface area contributed by atoms with Gasteiger partial charge in [-0.15, -0.1) is 0 Å². The van der Waals surface area contributed by atoms with Gasteiger partial charge in [0.25, 0.3) is 5.91 Å². The van der Waals surface area contributed by atoms with E-state index in [0.29, 0.717) is 5.92 Å². The van der Waals surface area contributed by atoms with E-state index >= 15 is 0 Å². The van der Waals surface area contributed by atoms with Crippen molar-refractivity contribution >= 4 is 11.9 Å². The second kappa shape index (κ2) is 3.26. The molecule has 0 unspecified atom stereocenters. The smallest absolute Gasteiger partial charge is 0.322 e. The number of hydrogen-bond acceptors (Lipinski definition) is 2. The third-order valence-electron chi connectivity index (χ3n) is 3.43. The standard InChI is InChI=1S/C10H16N2O2/c1-2-4-7-5-3-6-10(7)8(13)11-9(14)12-10/h7H,2-6H2,1H3,(H2,11,12,13,14)/t7-,10-/m1/s1. The van der Waals surface area contributed by atoms with Gasteiger partial charge in [-0.3, -0.25) is 10.1 Å². The van der Waals surface area contributed by atoms with Crippen LogP contribution < -0.4 is 10.6 Å². The Morgan fingerprint density at radius 2 is 2.29 bits per heavy atom. The average Bonchev–Trinajstić information content (AvgIpc) is 2.61. The Bertz CT molecular complexity index is 277. The van der Waals surface area contributed by atoms with Crippen LogP contribution in [-0.4, -0.2) is 17.5 Å². The summed E-state index contributed by atoms with van der Waals surface area (Å²) in [6, 6.07) is -0.321. The van der Waals surface area contributed by atoms with Crippen molar-refractivity contribution in [1.29, 1.82) is 0 Å². The molecule has 1 saturated carbocycles. The summed E-state index contributed by atoms with van der Waals surface area (Å²) in [5, 5.41) is 5.16. The van der Waals surface area contributed by atoms with E-state index in [1.807, 2.05) is 0 Å². The molecular formula is C10H16N2O2. The largest absolute Gasteiger partial charge is 0.323 e. The fourth-order valence-corrected chi connectivity index (χ4v) is 2.79. The Morgan fingerprint density at radius 3 is 2.86 bits per heavy atom. The van der Waals surface area contributed by atoms with Gasteiger partial charge in [0.2, 0.25) is 0 Å². The van der Waals surface area contributed by atoms with Gasteiger partial charge in [0.05, 0.1) is 0 Å². The zero-order chi connectivity index (χ0) is 10.2. The summed E-state index contributed by atoms with van der Waals surface area (Å²) in [5.41, 5.74) is -0.562. The molecule has 1 saturated heterocycles. The average molecular weight is 196 g/mol. The van der Waals surface area contributed by atoms with E-state index in [4.69, 9.17) is 0 Å². The van der Waals surface area contributed by atoms with Crippen molar-refractivity contribution < 1.29 is 9.59 Å². The van der Waals surface area contributed by atoms with Crippen LogP contribution in [0.2, 0.25) is 0 Å². The molecule has 1 heterocycles. The SMILES string of the molecule is CCC[C@@H]1CCC[C@@]12NC(=O)NC2=O. The van der Waals surface area contributed by atoms with Gasteiger partial charge in [0.15, 0.2) is 0 Å². The predicted octanol–water partition coefficient (Wildman–Crippen LogP) is 1.16. The lowest BCUT2D eigenvalue weighted by Gasteiger charge is -2.27. The molecule has 0 bridgehead atoms. The van der Waals surface area contributed by atoms with E-state index < -0.39 is 5.54 Å². The molecule has 14 heavy (non-hydrogen) atoms. The van der Waals surface area contributed by atoms with Crippen LogP contribution in [0.3, 0.4) is 0 Å². The van der Waals surface area contributed by atoms with Crippen molar-refractivity contribution in [1.82, 2.24) is 10.6 Å². The second-order valence-electron chi connectivity index (χ2n) is 4.26. The third kappa shape index (κ3) is 1.21. The van der Waals surface area contributed by atoms with E-state index in [2.05, 4.69) is 17.6 Å². The lowest BCUT2D eigenvalue weighted by molar-refractivity contribution is -0.125. The number of nitrogens with one attached hydrogen (secondary N) is 2. The van der Waals surface area contributed by atoms with Crippen molar-refractivity contribution in [3.8, 4) is 0 Å². The zero-order valence-corrected chi connectivity index (χ0v) is 8.43. The first-order valence-corrected chi connectivity index (χ1v) is 5.32. The molecule has 2 rings (SSSR count). The van der Waals surface area contributed by atoms with Gasteiger partial charge in [-0.1, -0.05) is 19.8 Å². The van der Waals surface area contributed by atoms with Gasteiger partial charge in [0, 0.05) is 0 Å². The van der Waals surface area contributed by atoms with Crippen LogP contribution in [0.25, 0.3) is 0 Å². The van der Waals surface area contributed by atoms with E-state index in [1.165, 1.54) is 0 Å². The van der Waals surface area contributed by atoms with E-state index in [1.54, 1.807) is 0 Å². The van der Waals surface area contributed by atoms with Gasteiger partial charge in [-0.2, -0.15) is 0 Å². The first-order valence-electron chi connectivity index (χ1n) is 5.32. The molecule has 2 atom stereocenters. The van der Waals surface area contributed by atoms with Crippen molar-refractivity contribution in [3.63, 3.8) is 0 Å². The maximum atomic E-state index is 11.7. The number of carbonyl (C=O) groups is 2. The summed E-state index contributed by atoms with van der Waals surface area (Å²) in [5.74, 6) is 0.220. The number of imide groups is 1. The molecule has 78 valence electrons. The highest BCUT2D eigenvalue weighted by atomic mass is 16.2.